The van der Waals surface area contributed by atoms with Gasteiger partial charge in [-0.05, 0) is 86.9 Å². The summed E-state index contributed by atoms with van der Waals surface area (Å²) >= 11 is 0. The summed E-state index contributed by atoms with van der Waals surface area (Å²) in [4.78, 5) is 21.1. The number of carboxylic acid groups (broad SMARTS) is 1. The minimum Gasteiger partial charge on any atom is -0.481 e. The average molecular weight is 471 g/mol. The van der Waals surface area contributed by atoms with Crippen molar-refractivity contribution in [2.45, 2.75) is 51.5 Å². The van der Waals surface area contributed by atoms with E-state index in [1.54, 1.807) is 0 Å². The molecule has 7 nitrogen and oxygen atoms in total. The molecule has 0 spiro atoms. The number of likely N-dealkylation sites (tertiary alicyclic amines) is 1. The van der Waals surface area contributed by atoms with E-state index in [9.17, 15) is 15.2 Å². The highest BCUT2D eigenvalue weighted by Crippen LogP contribution is 2.43. The Morgan fingerprint density at radius 2 is 2.03 bits per heavy atom. The van der Waals surface area contributed by atoms with Crippen LogP contribution < -0.4 is 4.90 Å². The van der Waals surface area contributed by atoms with Gasteiger partial charge in [0.2, 0.25) is 5.89 Å². The standard InChI is InChI=1S/C28H30N4O3/c1-17-19(6-5-7-24(17)31-11-3-2-4-12-31)27-30-23-14-21-20(22(15-29)26(23)35-27)8-9-25(21)32-13-10-18(16-32)28(33)34/h5-7,14,18,25H,2-4,8-13,16H2,1H3,(H,33,34)/t18-,25-/m1/s1. The number of fused-ring (bicyclic) bond motifs is 2. The molecule has 180 valence electrons. The Morgan fingerprint density at radius 3 is 2.77 bits per heavy atom. The Hall–Kier alpha value is -3.37. The third kappa shape index (κ3) is 3.68. The molecule has 0 radical (unpaired) electrons. The Labute approximate surface area is 205 Å². The van der Waals surface area contributed by atoms with Gasteiger partial charge < -0.3 is 14.4 Å². The molecule has 0 bridgehead atoms. The molecule has 35 heavy (non-hydrogen) atoms. The van der Waals surface area contributed by atoms with Gasteiger partial charge in [-0.15, -0.1) is 0 Å². The maximum atomic E-state index is 11.5. The van der Waals surface area contributed by atoms with Crippen molar-refractivity contribution in [1.82, 2.24) is 9.88 Å². The molecule has 1 aliphatic carbocycles. The number of hydrogen-bond acceptors (Lipinski definition) is 6. The summed E-state index contributed by atoms with van der Waals surface area (Å²) in [6.07, 6.45) is 6.09. The van der Waals surface area contributed by atoms with Crippen LogP contribution in [0.1, 0.15) is 60.4 Å². The number of aliphatic carboxylic acids is 1. The lowest BCUT2D eigenvalue weighted by Crippen LogP contribution is -2.30. The number of carbonyl (C=O) groups is 1. The topological polar surface area (TPSA) is 93.6 Å². The number of hydrogen-bond donors (Lipinski definition) is 1. The van der Waals surface area contributed by atoms with Gasteiger partial charge in [-0.3, -0.25) is 9.69 Å². The molecule has 3 aromatic rings. The third-order valence-electron chi connectivity index (χ3n) is 8.20. The number of rotatable bonds is 4. The van der Waals surface area contributed by atoms with E-state index in [0.29, 0.717) is 35.5 Å². The van der Waals surface area contributed by atoms with Crippen LogP contribution in [0.15, 0.2) is 28.7 Å². The number of carboxylic acids is 1. The SMILES string of the molecule is Cc1c(-c2nc3cc4c(c(C#N)c3o2)CC[C@H]4N2CC[C@@H](C(=O)O)C2)cccc1N1CCCCC1. The highest BCUT2D eigenvalue weighted by molar-refractivity contribution is 5.86. The Morgan fingerprint density at radius 1 is 1.20 bits per heavy atom. The Balaban J connectivity index is 1.39. The largest absolute Gasteiger partial charge is 0.481 e. The number of oxazole rings is 1. The van der Waals surface area contributed by atoms with E-state index in [-0.39, 0.29) is 12.0 Å². The molecule has 0 unspecified atom stereocenters. The zero-order valence-corrected chi connectivity index (χ0v) is 20.1. The van der Waals surface area contributed by atoms with Gasteiger partial charge in [0.05, 0.1) is 5.92 Å². The first-order valence-corrected chi connectivity index (χ1v) is 12.7. The van der Waals surface area contributed by atoms with Crippen LogP contribution in [0.4, 0.5) is 5.69 Å². The highest BCUT2D eigenvalue weighted by atomic mass is 16.4. The van der Waals surface area contributed by atoms with Crippen molar-refractivity contribution in [3.63, 3.8) is 0 Å². The van der Waals surface area contributed by atoms with E-state index in [1.807, 2.05) is 6.07 Å². The second-order valence-electron chi connectivity index (χ2n) is 10.2. The minimum atomic E-state index is -0.720. The van der Waals surface area contributed by atoms with Crippen LogP contribution in [-0.2, 0) is 11.2 Å². The zero-order valence-electron chi connectivity index (χ0n) is 20.1. The average Bonchev–Trinajstić information content (AvgIpc) is 3.61. The minimum absolute atomic E-state index is 0.134. The second kappa shape index (κ2) is 8.69. The number of benzene rings is 2. The molecule has 6 rings (SSSR count). The molecule has 0 saturated carbocycles. The van der Waals surface area contributed by atoms with Gasteiger partial charge in [-0.25, -0.2) is 4.98 Å². The first-order chi connectivity index (χ1) is 17.0. The summed E-state index contributed by atoms with van der Waals surface area (Å²) in [7, 11) is 0. The van der Waals surface area contributed by atoms with Gasteiger partial charge >= 0.3 is 5.97 Å². The summed E-state index contributed by atoms with van der Waals surface area (Å²) in [5.74, 6) is -0.477. The molecular formula is C28H30N4O3. The molecule has 3 aliphatic rings. The molecular weight excluding hydrogens is 440 g/mol. The van der Waals surface area contributed by atoms with Crippen molar-refractivity contribution in [2.75, 3.05) is 31.1 Å². The van der Waals surface area contributed by atoms with Crippen LogP contribution in [0, 0.1) is 24.2 Å². The predicted molar refractivity (Wildman–Crippen MR) is 133 cm³/mol. The fourth-order valence-electron chi connectivity index (χ4n) is 6.35. The Kier molecular flexibility index (Phi) is 5.49. The number of anilines is 1. The van der Waals surface area contributed by atoms with E-state index in [0.717, 1.165) is 54.7 Å². The van der Waals surface area contributed by atoms with Crippen molar-refractivity contribution < 1.29 is 14.3 Å². The highest BCUT2D eigenvalue weighted by Gasteiger charge is 2.37. The van der Waals surface area contributed by atoms with Crippen LogP contribution in [0.5, 0.6) is 0 Å². The molecule has 2 aromatic carbocycles. The smallest absolute Gasteiger partial charge is 0.307 e. The predicted octanol–water partition coefficient (Wildman–Crippen LogP) is 5.06. The monoisotopic (exact) mass is 470 g/mol. The first kappa shape index (κ1) is 22.1. The van der Waals surface area contributed by atoms with Crippen molar-refractivity contribution in [2.24, 2.45) is 5.92 Å². The number of piperidine rings is 1. The summed E-state index contributed by atoms with van der Waals surface area (Å²) in [5, 5.41) is 19.5. The summed E-state index contributed by atoms with van der Waals surface area (Å²) in [6.45, 7) is 5.61. The number of nitriles is 1. The van der Waals surface area contributed by atoms with Gasteiger partial charge in [0, 0.05) is 36.9 Å². The van der Waals surface area contributed by atoms with E-state index in [4.69, 9.17) is 9.40 Å². The van der Waals surface area contributed by atoms with Crippen molar-refractivity contribution in [1.29, 1.82) is 5.26 Å². The molecule has 2 atom stereocenters. The molecule has 1 aromatic heterocycles. The lowest BCUT2D eigenvalue weighted by molar-refractivity contribution is -0.141. The van der Waals surface area contributed by atoms with E-state index >= 15 is 0 Å². The van der Waals surface area contributed by atoms with Crippen LogP contribution in [0.3, 0.4) is 0 Å². The quantitative estimate of drug-likeness (QED) is 0.570. The van der Waals surface area contributed by atoms with Gasteiger partial charge in [0.1, 0.15) is 17.1 Å². The lowest BCUT2D eigenvalue weighted by atomic mass is 10.0. The van der Waals surface area contributed by atoms with Crippen LogP contribution >= 0.6 is 0 Å². The van der Waals surface area contributed by atoms with Crippen molar-refractivity contribution in [3.05, 3.63) is 46.5 Å². The molecule has 2 fully saturated rings. The van der Waals surface area contributed by atoms with Crippen molar-refractivity contribution in [3.8, 4) is 17.5 Å². The maximum absolute atomic E-state index is 11.5. The second-order valence-corrected chi connectivity index (χ2v) is 10.2. The number of aromatic nitrogens is 1. The molecule has 7 heteroatoms. The molecule has 2 saturated heterocycles. The fraction of sp³-hybridized carbons (Fsp3) is 0.464. The molecule has 1 N–H and O–H groups in total. The summed E-state index contributed by atoms with van der Waals surface area (Å²) < 4.78 is 6.29. The number of nitrogens with zero attached hydrogens (tertiary/aromatic N) is 4. The molecule has 2 aliphatic heterocycles. The first-order valence-electron chi connectivity index (χ1n) is 12.7. The van der Waals surface area contributed by atoms with Gasteiger partial charge in [-0.1, -0.05) is 6.07 Å². The summed E-state index contributed by atoms with van der Waals surface area (Å²) in [5.41, 5.74) is 7.35. The summed E-state index contributed by atoms with van der Waals surface area (Å²) in [6, 6.07) is 10.9. The normalized spacial score (nSPS) is 22.5. The van der Waals surface area contributed by atoms with E-state index in [2.05, 4.69) is 41.0 Å². The van der Waals surface area contributed by atoms with Gasteiger partial charge in [0.15, 0.2) is 5.58 Å². The van der Waals surface area contributed by atoms with Crippen LogP contribution in [-0.4, -0.2) is 47.1 Å². The van der Waals surface area contributed by atoms with Crippen LogP contribution in [0.2, 0.25) is 0 Å². The Bertz CT molecular complexity index is 1350. The van der Waals surface area contributed by atoms with Crippen LogP contribution in [0.25, 0.3) is 22.6 Å². The zero-order chi connectivity index (χ0) is 24.1. The lowest BCUT2D eigenvalue weighted by Gasteiger charge is -2.30. The van der Waals surface area contributed by atoms with E-state index in [1.165, 1.54) is 24.9 Å². The third-order valence-corrected chi connectivity index (χ3v) is 8.20. The molecule has 0 amide bonds. The van der Waals surface area contributed by atoms with E-state index < -0.39 is 5.97 Å². The molecule has 3 heterocycles. The van der Waals surface area contributed by atoms with Gasteiger partial charge in [0.25, 0.3) is 0 Å². The fourth-order valence-corrected chi connectivity index (χ4v) is 6.35. The van der Waals surface area contributed by atoms with Crippen molar-refractivity contribution >= 4 is 22.8 Å². The van der Waals surface area contributed by atoms with Gasteiger partial charge in [-0.2, -0.15) is 5.26 Å². The maximum Gasteiger partial charge on any atom is 0.307 e.